The topological polar surface area (TPSA) is 54.7 Å². The Labute approximate surface area is 126 Å². The van der Waals surface area contributed by atoms with E-state index >= 15 is 0 Å². The molecule has 0 amide bonds. The van der Waals surface area contributed by atoms with Gasteiger partial charge in [0.2, 0.25) is 0 Å². The van der Waals surface area contributed by atoms with Crippen LogP contribution in [0.5, 0.6) is 0 Å². The fourth-order valence-corrected chi connectivity index (χ4v) is 2.86. The van der Waals surface area contributed by atoms with Gasteiger partial charge in [-0.15, -0.1) is 0 Å². The highest BCUT2D eigenvalue weighted by Crippen LogP contribution is 2.24. The van der Waals surface area contributed by atoms with E-state index in [9.17, 15) is 0 Å². The lowest BCUT2D eigenvalue weighted by atomic mass is 10.1. The number of imidazole rings is 1. The Morgan fingerprint density at radius 1 is 1.10 bits per heavy atom. The van der Waals surface area contributed by atoms with Crippen molar-refractivity contribution in [3.63, 3.8) is 0 Å². The zero-order valence-corrected chi connectivity index (χ0v) is 12.7. The van der Waals surface area contributed by atoms with E-state index in [0.717, 1.165) is 40.6 Å². The van der Waals surface area contributed by atoms with Crippen molar-refractivity contribution in [2.45, 2.75) is 19.3 Å². The smallest absolute Gasteiger partial charge is 0.112 e. The summed E-state index contributed by atoms with van der Waals surface area (Å²) in [6.07, 6.45) is 3.07. The number of fused-ring (bicyclic) bond motifs is 1. The Kier molecular flexibility index (Phi) is 3.74. The molecule has 3 nitrogen and oxygen atoms in total. The van der Waals surface area contributed by atoms with Crippen LogP contribution in [0.4, 0.5) is 5.69 Å². The van der Waals surface area contributed by atoms with E-state index in [1.54, 1.807) is 0 Å². The van der Waals surface area contributed by atoms with Crippen LogP contribution in [0.1, 0.15) is 17.8 Å². The summed E-state index contributed by atoms with van der Waals surface area (Å²) in [5.74, 6) is 1.00. The zero-order chi connectivity index (χ0) is 13.9. The average molecular weight is 330 g/mol. The molecule has 0 radical (unpaired) electrons. The van der Waals surface area contributed by atoms with Crippen molar-refractivity contribution in [3.8, 4) is 0 Å². The number of H-pyrrole nitrogens is 1. The fraction of sp³-hybridized carbons (Fsp3) is 0.188. The summed E-state index contributed by atoms with van der Waals surface area (Å²) in [5.41, 5.74) is 9.91. The Hall–Kier alpha value is -1.81. The number of aromatic amines is 1. The maximum atomic E-state index is 5.98. The Morgan fingerprint density at radius 2 is 1.90 bits per heavy atom. The minimum absolute atomic E-state index is 0.708. The average Bonchev–Trinajstić information content (AvgIpc) is 2.83. The molecule has 1 heterocycles. The lowest BCUT2D eigenvalue weighted by molar-refractivity contribution is 0.786. The van der Waals surface area contributed by atoms with Crippen LogP contribution in [-0.4, -0.2) is 9.97 Å². The number of nitrogens with zero attached hydrogens (tertiary/aromatic N) is 1. The first-order valence-corrected chi connectivity index (χ1v) is 7.49. The molecule has 0 unspecified atom stereocenters. The van der Waals surface area contributed by atoms with Gasteiger partial charge in [0, 0.05) is 10.9 Å². The molecule has 0 aliphatic carbocycles. The van der Waals surface area contributed by atoms with Crippen molar-refractivity contribution in [1.82, 2.24) is 9.97 Å². The molecule has 4 heteroatoms. The molecule has 1 aromatic heterocycles. The molecule has 0 saturated carbocycles. The highest BCUT2D eigenvalue weighted by molar-refractivity contribution is 9.10. The molecule has 0 bridgehead atoms. The lowest BCUT2D eigenvalue weighted by Crippen LogP contribution is -1.92. The molecule has 0 fully saturated rings. The first-order chi connectivity index (χ1) is 9.72. The Morgan fingerprint density at radius 3 is 2.70 bits per heavy atom. The molecule has 0 spiro atoms. The van der Waals surface area contributed by atoms with E-state index in [0.29, 0.717) is 5.69 Å². The normalized spacial score (nSPS) is 11.1. The molecule has 0 saturated heterocycles. The number of benzene rings is 2. The lowest BCUT2D eigenvalue weighted by Gasteiger charge is -1.99. The van der Waals surface area contributed by atoms with Gasteiger partial charge in [-0.05, 0) is 30.5 Å². The number of rotatable bonds is 4. The molecule has 0 atom stereocenters. The number of hydrogen-bond donors (Lipinski definition) is 2. The first-order valence-electron chi connectivity index (χ1n) is 6.70. The van der Waals surface area contributed by atoms with Gasteiger partial charge in [0.15, 0.2) is 0 Å². The summed E-state index contributed by atoms with van der Waals surface area (Å²) in [6.45, 7) is 0. The van der Waals surface area contributed by atoms with Gasteiger partial charge in [0.25, 0.3) is 0 Å². The van der Waals surface area contributed by atoms with Crippen molar-refractivity contribution < 1.29 is 0 Å². The summed E-state index contributed by atoms with van der Waals surface area (Å²) in [4.78, 5) is 7.93. The minimum Gasteiger partial charge on any atom is -0.397 e. The van der Waals surface area contributed by atoms with Crippen molar-refractivity contribution in [3.05, 3.63) is 58.3 Å². The number of nitrogens with one attached hydrogen (secondary N) is 1. The second-order valence-corrected chi connectivity index (χ2v) is 5.83. The van der Waals surface area contributed by atoms with Crippen LogP contribution < -0.4 is 5.73 Å². The molecule has 20 heavy (non-hydrogen) atoms. The number of aryl methyl sites for hydroxylation is 2. The number of nitrogen functional groups attached to an aromatic ring is 1. The van der Waals surface area contributed by atoms with Gasteiger partial charge in [0.1, 0.15) is 11.3 Å². The highest BCUT2D eigenvalue weighted by Gasteiger charge is 2.07. The highest BCUT2D eigenvalue weighted by atomic mass is 79.9. The van der Waals surface area contributed by atoms with Crippen LogP contribution in [-0.2, 0) is 12.8 Å². The number of aromatic nitrogens is 2. The Bertz CT molecular complexity index is 719. The third-order valence-corrected chi connectivity index (χ3v) is 3.81. The van der Waals surface area contributed by atoms with Crippen molar-refractivity contribution >= 4 is 32.7 Å². The van der Waals surface area contributed by atoms with E-state index in [1.165, 1.54) is 5.56 Å². The molecular formula is C16H16BrN3. The van der Waals surface area contributed by atoms with E-state index in [2.05, 4.69) is 50.2 Å². The van der Waals surface area contributed by atoms with Gasteiger partial charge in [-0.2, -0.15) is 0 Å². The molecule has 3 rings (SSSR count). The second kappa shape index (κ2) is 5.67. The van der Waals surface area contributed by atoms with Crippen LogP contribution in [0.25, 0.3) is 11.0 Å². The summed E-state index contributed by atoms with van der Waals surface area (Å²) in [6, 6.07) is 14.4. The first kappa shape index (κ1) is 13.2. The molecule has 102 valence electrons. The monoisotopic (exact) mass is 329 g/mol. The van der Waals surface area contributed by atoms with Gasteiger partial charge in [0.05, 0.1) is 11.2 Å². The van der Waals surface area contributed by atoms with Gasteiger partial charge >= 0.3 is 0 Å². The van der Waals surface area contributed by atoms with Crippen LogP contribution in [0.2, 0.25) is 0 Å². The van der Waals surface area contributed by atoms with Gasteiger partial charge < -0.3 is 10.7 Å². The molecule has 3 N–H and O–H groups in total. The number of halogens is 1. The van der Waals surface area contributed by atoms with Crippen molar-refractivity contribution in [2.24, 2.45) is 0 Å². The molecular weight excluding hydrogens is 314 g/mol. The maximum absolute atomic E-state index is 5.98. The summed E-state index contributed by atoms with van der Waals surface area (Å²) >= 11 is 3.45. The van der Waals surface area contributed by atoms with Crippen LogP contribution in [0, 0.1) is 0 Å². The summed E-state index contributed by atoms with van der Waals surface area (Å²) in [7, 11) is 0. The minimum atomic E-state index is 0.708. The van der Waals surface area contributed by atoms with Crippen molar-refractivity contribution in [2.75, 3.05) is 5.73 Å². The number of anilines is 1. The number of nitrogens with two attached hydrogens (primary N) is 1. The molecule has 2 aromatic carbocycles. The molecule has 3 aromatic rings. The van der Waals surface area contributed by atoms with Crippen LogP contribution in [0.3, 0.4) is 0 Å². The Balaban J connectivity index is 1.70. The van der Waals surface area contributed by atoms with E-state index in [1.807, 2.05) is 18.2 Å². The zero-order valence-electron chi connectivity index (χ0n) is 11.1. The predicted molar refractivity (Wildman–Crippen MR) is 86.7 cm³/mol. The van der Waals surface area contributed by atoms with E-state index in [4.69, 9.17) is 5.73 Å². The SMILES string of the molecule is Nc1cc(Br)cc2[nH]c(CCCc3ccccc3)nc12. The van der Waals surface area contributed by atoms with Crippen molar-refractivity contribution in [1.29, 1.82) is 0 Å². The van der Waals surface area contributed by atoms with Crippen LogP contribution >= 0.6 is 15.9 Å². The van der Waals surface area contributed by atoms with Gasteiger partial charge in [-0.25, -0.2) is 4.98 Å². The van der Waals surface area contributed by atoms with Gasteiger partial charge in [-0.3, -0.25) is 0 Å². The fourth-order valence-electron chi connectivity index (χ4n) is 2.38. The van der Waals surface area contributed by atoms with Crippen LogP contribution in [0.15, 0.2) is 46.9 Å². The molecule has 0 aliphatic heterocycles. The van der Waals surface area contributed by atoms with E-state index in [-0.39, 0.29) is 0 Å². The quantitative estimate of drug-likeness (QED) is 0.708. The predicted octanol–water partition coefficient (Wildman–Crippen LogP) is 4.08. The summed E-state index contributed by atoms with van der Waals surface area (Å²) in [5, 5.41) is 0. The third kappa shape index (κ3) is 2.85. The maximum Gasteiger partial charge on any atom is 0.112 e. The summed E-state index contributed by atoms with van der Waals surface area (Å²) < 4.78 is 0.974. The molecule has 0 aliphatic rings. The van der Waals surface area contributed by atoms with Gasteiger partial charge in [-0.1, -0.05) is 46.3 Å². The standard InChI is InChI=1S/C16H16BrN3/c17-12-9-13(18)16-14(10-12)19-15(20-16)8-4-7-11-5-2-1-3-6-11/h1-3,5-6,9-10H,4,7-8,18H2,(H,19,20). The number of hydrogen-bond acceptors (Lipinski definition) is 2. The largest absolute Gasteiger partial charge is 0.397 e. The second-order valence-electron chi connectivity index (χ2n) is 4.91. The van der Waals surface area contributed by atoms with E-state index < -0.39 is 0 Å². The third-order valence-electron chi connectivity index (χ3n) is 3.35.